The van der Waals surface area contributed by atoms with Gasteiger partial charge in [-0.1, -0.05) is 36.5 Å². The fraction of sp³-hybridized carbons (Fsp3) is 0.400. The molecule has 0 radical (unpaired) electrons. The van der Waals surface area contributed by atoms with E-state index in [1.807, 2.05) is 19.2 Å². The van der Waals surface area contributed by atoms with Crippen LogP contribution >= 0.6 is 24.2 Å². The first-order valence-corrected chi connectivity index (χ1v) is 8.16. The maximum atomic E-state index is 5.45. The number of tetrazole rings is 1. The molecule has 0 bridgehead atoms. The Hall–Kier alpha value is -1.57. The van der Waals surface area contributed by atoms with E-state index in [9.17, 15) is 0 Å². The number of ether oxygens (including phenoxy) is 1. The summed E-state index contributed by atoms with van der Waals surface area (Å²) in [6.07, 6.45) is 2.81. The van der Waals surface area contributed by atoms with E-state index in [-0.39, 0.29) is 12.4 Å². The van der Waals surface area contributed by atoms with Crippen molar-refractivity contribution < 1.29 is 4.74 Å². The van der Waals surface area contributed by atoms with Crippen molar-refractivity contribution in [3.63, 3.8) is 0 Å². The van der Waals surface area contributed by atoms with Crippen molar-refractivity contribution in [3.8, 4) is 5.75 Å². The van der Waals surface area contributed by atoms with Crippen LogP contribution in [0.2, 0.25) is 0 Å². The smallest absolute Gasteiger partial charge is 0.209 e. The summed E-state index contributed by atoms with van der Waals surface area (Å²) in [6, 6.07) is 8.12. The minimum atomic E-state index is 0. The predicted molar refractivity (Wildman–Crippen MR) is 95.2 cm³/mol. The van der Waals surface area contributed by atoms with Gasteiger partial charge in [-0.05, 0) is 41.1 Å². The molecule has 126 valence electrons. The standard InChI is InChI=1S/C15H21N5OS.ClH/c1-3-10-21-14-7-5-13(6-8-14)12-16-9-4-11-22-15-17-18-19-20(15)2;/h3,5-8,16H,1,4,9-12H2,2H3;1H. The fourth-order valence-electron chi connectivity index (χ4n) is 1.80. The van der Waals surface area contributed by atoms with Crippen LogP contribution in [0.1, 0.15) is 12.0 Å². The topological polar surface area (TPSA) is 64.9 Å². The summed E-state index contributed by atoms with van der Waals surface area (Å²) in [4.78, 5) is 0. The first kappa shape index (κ1) is 19.5. The monoisotopic (exact) mass is 355 g/mol. The molecule has 23 heavy (non-hydrogen) atoms. The Morgan fingerprint density at radius 2 is 2.13 bits per heavy atom. The van der Waals surface area contributed by atoms with Crippen molar-refractivity contribution in [1.29, 1.82) is 0 Å². The molecule has 0 aliphatic heterocycles. The average molecular weight is 356 g/mol. The number of nitrogens with one attached hydrogen (secondary N) is 1. The summed E-state index contributed by atoms with van der Waals surface area (Å²) in [5.41, 5.74) is 1.25. The molecule has 0 amide bonds. The van der Waals surface area contributed by atoms with Gasteiger partial charge in [0, 0.05) is 19.3 Å². The van der Waals surface area contributed by atoms with E-state index >= 15 is 0 Å². The molecule has 1 aromatic heterocycles. The molecule has 0 aliphatic carbocycles. The number of thioether (sulfide) groups is 1. The molecule has 2 aromatic rings. The SMILES string of the molecule is C=CCOc1ccc(CNCCCSc2nnnn2C)cc1.Cl. The van der Waals surface area contributed by atoms with Gasteiger partial charge in [-0.15, -0.1) is 17.5 Å². The quantitative estimate of drug-likeness (QED) is 0.401. The van der Waals surface area contributed by atoms with Crippen LogP contribution in [0, 0.1) is 0 Å². The van der Waals surface area contributed by atoms with Crippen molar-refractivity contribution in [3.05, 3.63) is 42.5 Å². The number of aryl methyl sites for hydroxylation is 1. The van der Waals surface area contributed by atoms with Crippen molar-refractivity contribution in [2.45, 2.75) is 18.1 Å². The third-order valence-electron chi connectivity index (χ3n) is 2.93. The molecule has 8 heteroatoms. The molecular weight excluding hydrogens is 334 g/mol. The second-order valence-corrected chi connectivity index (χ2v) is 5.77. The van der Waals surface area contributed by atoms with Crippen LogP contribution in [0.5, 0.6) is 5.75 Å². The lowest BCUT2D eigenvalue weighted by Crippen LogP contribution is -2.15. The first-order valence-electron chi connectivity index (χ1n) is 7.18. The Kier molecular flexibility index (Phi) is 9.35. The van der Waals surface area contributed by atoms with Crippen LogP contribution in [0.4, 0.5) is 0 Å². The Balaban J connectivity index is 0.00000264. The Bertz CT molecular complexity index is 576. The lowest BCUT2D eigenvalue weighted by molar-refractivity contribution is 0.363. The van der Waals surface area contributed by atoms with Crippen molar-refractivity contribution in [2.75, 3.05) is 18.9 Å². The van der Waals surface area contributed by atoms with E-state index in [1.54, 1.807) is 22.5 Å². The highest BCUT2D eigenvalue weighted by atomic mass is 35.5. The summed E-state index contributed by atoms with van der Waals surface area (Å²) in [5, 5.41) is 15.6. The van der Waals surface area contributed by atoms with E-state index in [0.717, 1.165) is 36.2 Å². The van der Waals surface area contributed by atoms with Crippen molar-refractivity contribution in [2.24, 2.45) is 7.05 Å². The largest absolute Gasteiger partial charge is 0.490 e. The first-order chi connectivity index (χ1) is 10.8. The molecule has 0 aliphatic rings. The number of aromatic nitrogens is 4. The lowest BCUT2D eigenvalue weighted by atomic mass is 10.2. The number of hydrogen-bond donors (Lipinski definition) is 1. The predicted octanol–water partition coefficient (Wildman–Crippen LogP) is 2.47. The Morgan fingerprint density at radius 1 is 1.35 bits per heavy atom. The van der Waals surface area contributed by atoms with Crippen LogP contribution in [0.3, 0.4) is 0 Å². The van der Waals surface area contributed by atoms with Gasteiger partial charge in [0.15, 0.2) is 0 Å². The number of benzene rings is 1. The van der Waals surface area contributed by atoms with Gasteiger partial charge in [-0.3, -0.25) is 0 Å². The van der Waals surface area contributed by atoms with E-state index in [0.29, 0.717) is 6.61 Å². The molecule has 0 saturated carbocycles. The van der Waals surface area contributed by atoms with Gasteiger partial charge in [-0.25, -0.2) is 4.68 Å². The zero-order valence-electron chi connectivity index (χ0n) is 13.1. The molecule has 0 atom stereocenters. The van der Waals surface area contributed by atoms with E-state index in [1.165, 1.54) is 5.56 Å². The van der Waals surface area contributed by atoms with Crippen LogP contribution in [0.25, 0.3) is 0 Å². The van der Waals surface area contributed by atoms with E-state index < -0.39 is 0 Å². The Labute approximate surface area is 147 Å². The summed E-state index contributed by atoms with van der Waals surface area (Å²) in [6.45, 7) is 5.99. The summed E-state index contributed by atoms with van der Waals surface area (Å²) in [5.74, 6) is 1.87. The van der Waals surface area contributed by atoms with E-state index in [4.69, 9.17) is 4.74 Å². The zero-order valence-corrected chi connectivity index (χ0v) is 14.8. The maximum absolute atomic E-state index is 5.45. The molecule has 0 unspecified atom stereocenters. The maximum Gasteiger partial charge on any atom is 0.209 e. The minimum Gasteiger partial charge on any atom is -0.490 e. The normalized spacial score (nSPS) is 10.1. The third kappa shape index (κ3) is 7.02. The van der Waals surface area contributed by atoms with Crippen LogP contribution < -0.4 is 10.1 Å². The molecule has 0 spiro atoms. The molecular formula is C15H22ClN5OS. The van der Waals surface area contributed by atoms with Gasteiger partial charge >= 0.3 is 0 Å². The highest BCUT2D eigenvalue weighted by Crippen LogP contribution is 2.13. The highest BCUT2D eigenvalue weighted by Gasteiger charge is 2.01. The average Bonchev–Trinajstić information content (AvgIpc) is 2.95. The van der Waals surface area contributed by atoms with Crippen molar-refractivity contribution >= 4 is 24.2 Å². The Morgan fingerprint density at radius 3 is 2.78 bits per heavy atom. The molecule has 1 N–H and O–H groups in total. The third-order valence-corrected chi connectivity index (χ3v) is 4.03. The van der Waals surface area contributed by atoms with Crippen LogP contribution in [-0.4, -0.2) is 39.1 Å². The fourth-order valence-corrected chi connectivity index (χ4v) is 2.58. The second kappa shape index (κ2) is 11.0. The minimum absolute atomic E-state index is 0. The molecule has 6 nitrogen and oxygen atoms in total. The van der Waals surface area contributed by atoms with Crippen LogP contribution in [-0.2, 0) is 13.6 Å². The summed E-state index contributed by atoms with van der Waals surface area (Å²) in [7, 11) is 1.85. The van der Waals surface area contributed by atoms with Gasteiger partial charge in [0.05, 0.1) is 0 Å². The zero-order chi connectivity index (χ0) is 15.6. The number of nitrogens with zero attached hydrogens (tertiary/aromatic N) is 4. The molecule has 0 fully saturated rings. The van der Waals surface area contributed by atoms with Crippen LogP contribution in [0.15, 0.2) is 42.1 Å². The number of rotatable bonds is 10. The van der Waals surface area contributed by atoms with Gasteiger partial charge in [0.2, 0.25) is 5.16 Å². The molecule has 1 heterocycles. The molecule has 0 saturated heterocycles. The van der Waals surface area contributed by atoms with Gasteiger partial charge in [-0.2, -0.15) is 0 Å². The van der Waals surface area contributed by atoms with Gasteiger partial charge in [0.1, 0.15) is 12.4 Å². The molecule has 2 rings (SSSR count). The highest BCUT2D eigenvalue weighted by molar-refractivity contribution is 7.99. The summed E-state index contributed by atoms with van der Waals surface area (Å²) < 4.78 is 7.14. The second-order valence-electron chi connectivity index (χ2n) is 4.71. The van der Waals surface area contributed by atoms with E-state index in [2.05, 4.69) is 39.6 Å². The molecule has 1 aromatic carbocycles. The van der Waals surface area contributed by atoms with Crippen molar-refractivity contribution in [1.82, 2.24) is 25.5 Å². The number of hydrogen-bond acceptors (Lipinski definition) is 6. The van der Waals surface area contributed by atoms with Gasteiger partial charge < -0.3 is 10.1 Å². The van der Waals surface area contributed by atoms with Gasteiger partial charge in [0.25, 0.3) is 0 Å². The summed E-state index contributed by atoms with van der Waals surface area (Å²) >= 11 is 1.67. The number of halogens is 1. The lowest BCUT2D eigenvalue weighted by Gasteiger charge is -2.07.